The number of amides is 1. The van der Waals surface area contributed by atoms with Gasteiger partial charge in [-0.25, -0.2) is 0 Å². The first kappa shape index (κ1) is 21.1. The average Bonchev–Trinajstić information content (AvgIpc) is 2.92. The molecule has 1 fully saturated rings. The standard InChI is InChI=1S/C23H25ClN2O3/c1-15-8-4-5-11-18(15)20-19(21(27)16-9-6-10-17(24)14-16)22(28)23(29)26(20)13-7-12-25(2)3/h4-6,8-11,14,20,27H,7,12-13H2,1-3H3/b21-19+. The van der Waals surface area contributed by atoms with Gasteiger partial charge in [0, 0.05) is 17.1 Å². The van der Waals surface area contributed by atoms with Gasteiger partial charge in [0.05, 0.1) is 11.6 Å². The first-order valence-electron chi connectivity index (χ1n) is 9.56. The van der Waals surface area contributed by atoms with Crippen LogP contribution >= 0.6 is 11.6 Å². The molecule has 5 nitrogen and oxygen atoms in total. The topological polar surface area (TPSA) is 60.9 Å². The molecule has 2 aromatic carbocycles. The minimum Gasteiger partial charge on any atom is -0.507 e. The van der Waals surface area contributed by atoms with Crippen LogP contribution < -0.4 is 0 Å². The van der Waals surface area contributed by atoms with Crippen molar-refractivity contribution in [3.63, 3.8) is 0 Å². The van der Waals surface area contributed by atoms with Gasteiger partial charge in [-0.1, -0.05) is 48.0 Å². The predicted molar refractivity (Wildman–Crippen MR) is 115 cm³/mol. The van der Waals surface area contributed by atoms with E-state index in [1.165, 1.54) is 0 Å². The molecule has 0 spiro atoms. The highest BCUT2D eigenvalue weighted by Gasteiger charge is 2.46. The number of Topliss-reactive ketones (excluding diaryl/α,β-unsaturated/α-hetero) is 1. The van der Waals surface area contributed by atoms with E-state index < -0.39 is 17.7 Å². The smallest absolute Gasteiger partial charge is 0.295 e. The Morgan fingerprint density at radius 3 is 2.52 bits per heavy atom. The van der Waals surface area contributed by atoms with Crippen LogP contribution in [0.4, 0.5) is 0 Å². The van der Waals surface area contributed by atoms with Crippen molar-refractivity contribution in [3.05, 3.63) is 75.8 Å². The van der Waals surface area contributed by atoms with E-state index in [4.69, 9.17) is 11.6 Å². The van der Waals surface area contributed by atoms with Crippen LogP contribution in [-0.4, -0.2) is 53.8 Å². The lowest BCUT2D eigenvalue weighted by Gasteiger charge is -2.27. The fourth-order valence-corrected chi connectivity index (χ4v) is 3.87. The van der Waals surface area contributed by atoms with Gasteiger partial charge >= 0.3 is 0 Å². The third kappa shape index (κ3) is 4.36. The molecule has 1 unspecified atom stereocenters. The molecule has 1 saturated heterocycles. The molecule has 1 heterocycles. The van der Waals surface area contributed by atoms with Crippen molar-refractivity contribution in [1.82, 2.24) is 9.80 Å². The van der Waals surface area contributed by atoms with Crippen LogP contribution in [0.5, 0.6) is 0 Å². The number of nitrogens with zero attached hydrogens (tertiary/aromatic N) is 2. The number of aryl methyl sites for hydroxylation is 1. The summed E-state index contributed by atoms with van der Waals surface area (Å²) in [7, 11) is 3.93. The molecule has 1 aliphatic rings. The number of hydrogen-bond donors (Lipinski definition) is 1. The lowest BCUT2D eigenvalue weighted by molar-refractivity contribution is -0.139. The Morgan fingerprint density at radius 2 is 1.86 bits per heavy atom. The summed E-state index contributed by atoms with van der Waals surface area (Å²) >= 11 is 6.07. The Bertz CT molecular complexity index is 968. The SMILES string of the molecule is Cc1ccccc1C1/C(=C(\O)c2cccc(Cl)c2)C(=O)C(=O)N1CCCN(C)C. The maximum Gasteiger partial charge on any atom is 0.295 e. The Hall–Kier alpha value is -2.63. The van der Waals surface area contributed by atoms with E-state index in [0.29, 0.717) is 17.1 Å². The normalized spacial score (nSPS) is 18.7. The number of aliphatic hydroxyl groups is 1. The summed E-state index contributed by atoms with van der Waals surface area (Å²) in [4.78, 5) is 29.4. The Balaban J connectivity index is 2.12. The Labute approximate surface area is 176 Å². The quantitative estimate of drug-likeness (QED) is 0.442. The molecule has 0 radical (unpaired) electrons. The van der Waals surface area contributed by atoms with Gasteiger partial charge < -0.3 is 14.9 Å². The van der Waals surface area contributed by atoms with Crippen LogP contribution in [0.2, 0.25) is 5.02 Å². The molecular formula is C23H25ClN2O3. The van der Waals surface area contributed by atoms with Gasteiger partial charge in [0.1, 0.15) is 5.76 Å². The van der Waals surface area contributed by atoms with E-state index in [9.17, 15) is 14.7 Å². The van der Waals surface area contributed by atoms with Crippen LogP contribution in [0.25, 0.3) is 5.76 Å². The minimum absolute atomic E-state index is 0.108. The summed E-state index contributed by atoms with van der Waals surface area (Å²) in [6.45, 7) is 3.15. The molecule has 1 N–H and O–H groups in total. The van der Waals surface area contributed by atoms with Gasteiger partial charge in [0.2, 0.25) is 0 Å². The second kappa shape index (κ2) is 8.80. The summed E-state index contributed by atoms with van der Waals surface area (Å²) in [5, 5.41) is 11.4. The second-order valence-corrected chi connectivity index (χ2v) is 7.95. The van der Waals surface area contributed by atoms with E-state index in [1.807, 2.05) is 50.2 Å². The van der Waals surface area contributed by atoms with Crippen molar-refractivity contribution in [3.8, 4) is 0 Å². The van der Waals surface area contributed by atoms with Crippen molar-refractivity contribution in [2.24, 2.45) is 0 Å². The molecule has 0 aromatic heterocycles. The molecule has 152 valence electrons. The van der Waals surface area contributed by atoms with Gasteiger partial charge in [-0.15, -0.1) is 0 Å². The summed E-state index contributed by atoms with van der Waals surface area (Å²) in [6.07, 6.45) is 0.722. The summed E-state index contributed by atoms with van der Waals surface area (Å²) < 4.78 is 0. The van der Waals surface area contributed by atoms with Gasteiger partial charge in [-0.3, -0.25) is 9.59 Å². The second-order valence-electron chi connectivity index (χ2n) is 7.52. The van der Waals surface area contributed by atoms with Crippen molar-refractivity contribution < 1.29 is 14.7 Å². The minimum atomic E-state index is -0.666. The molecule has 1 amide bonds. The molecule has 29 heavy (non-hydrogen) atoms. The van der Waals surface area contributed by atoms with E-state index in [2.05, 4.69) is 0 Å². The number of carbonyl (C=O) groups excluding carboxylic acids is 2. The highest BCUT2D eigenvalue weighted by atomic mass is 35.5. The lowest BCUT2D eigenvalue weighted by Crippen LogP contribution is -2.32. The van der Waals surface area contributed by atoms with E-state index >= 15 is 0 Å². The fourth-order valence-electron chi connectivity index (χ4n) is 3.68. The van der Waals surface area contributed by atoms with Crippen molar-refractivity contribution in [1.29, 1.82) is 0 Å². The third-order valence-electron chi connectivity index (χ3n) is 5.13. The third-order valence-corrected chi connectivity index (χ3v) is 5.36. The number of ketones is 1. The van der Waals surface area contributed by atoms with Gasteiger partial charge in [-0.05, 0) is 57.2 Å². The van der Waals surface area contributed by atoms with Crippen LogP contribution in [0, 0.1) is 6.92 Å². The zero-order valence-electron chi connectivity index (χ0n) is 16.9. The molecule has 0 saturated carbocycles. The number of hydrogen-bond acceptors (Lipinski definition) is 4. The number of aliphatic hydroxyl groups excluding tert-OH is 1. The van der Waals surface area contributed by atoms with Crippen molar-refractivity contribution >= 4 is 29.1 Å². The molecule has 0 aliphatic carbocycles. The summed E-state index contributed by atoms with van der Waals surface area (Å²) in [5.74, 6) is -1.45. The maximum absolute atomic E-state index is 13.0. The molecule has 1 atom stereocenters. The fraction of sp³-hybridized carbons (Fsp3) is 0.304. The van der Waals surface area contributed by atoms with Gasteiger partial charge in [-0.2, -0.15) is 0 Å². The van der Waals surface area contributed by atoms with E-state index in [0.717, 1.165) is 24.1 Å². The van der Waals surface area contributed by atoms with Crippen LogP contribution in [0.15, 0.2) is 54.1 Å². The summed E-state index contributed by atoms with van der Waals surface area (Å²) in [5.41, 5.74) is 2.31. The first-order chi connectivity index (χ1) is 13.8. The largest absolute Gasteiger partial charge is 0.507 e. The Kier molecular flexibility index (Phi) is 6.40. The highest BCUT2D eigenvalue weighted by Crippen LogP contribution is 2.40. The molecule has 3 rings (SSSR count). The maximum atomic E-state index is 13.0. The summed E-state index contributed by atoms with van der Waals surface area (Å²) in [6, 6.07) is 13.7. The molecule has 2 aromatic rings. The van der Waals surface area contributed by atoms with Crippen LogP contribution in [0.1, 0.15) is 29.2 Å². The van der Waals surface area contributed by atoms with E-state index in [-0.39, 0.29) is 11.3 Å². The molecule has 0 bridgehead atoms. The molecule has 1 aliphatic heterocycles. The first-order valence-corrected chi connectivity index (χ1v) is 9.93. The number of rotatable bonds is 6. The van der Waals surface area contributed by atoms with Gasteiger partial charge in [0.25, 0.3) is 11.7 Å². The number of benzene rings is 2. The van der Waals surface area contributed by atoms with Crippen LogP contribution in [-0.2, 0) is 9.59 Å². The zero-order valence-corrected chi connectivity index (χ0v) is 17.6. The van der Waals surface area contributed by atoms with Gasteiger partial charge in [0.15, 0.2) is 0 Å². The lowest BCUT2D eigenvalue weighted by atomic mass is 9.92. The Morgan fingerprint density at radius 1 is 1.14 bits per heavy atom. The predicted octanol–water partition coefficient (Wildman–Crippen LogP) is 4.02. The van der Waals surface area contributed by atoms with E-state index in [1.54, 1.807) is 29.2 Å². The number of carbonyl (C=O) groups is 2. The molecular weight excluding hydrogens is 388 g/mol. The molecule has 6 heteroatoms. The van der Waals surface area contributed by atoms with Crippen LogP contribution in [0.3, 0.4) is 0 Å². The zero-order chi connectivity index (χ0) is 21.1. The van der Waals surface area contributed by atoms with Crippen molar-refractivity contribution in [2.45, 2.75) is 19.4 Å². The highest BCUT2D eigenvalue weighted by molar-refractivity contribution is 6.46. The van der Waals surface area contributed by atoms with Crippen molar-refractivity contribution in [2.75, 3.05) is 27.2 Å². The number of likely N-dealkylation sites (tertiary alicyclic amines) is 1. The number of halogens is 1. The monoisotopic (exact) mass is 412 g/mol. The average molecular weight is 413 g/mol.